The number of hydrogen-bond donors (Lipinski definition) is 2. The summed E-state index contributed by atoms with van der Waals surface area (Å²) in [5.41, 5.74) is 3.02. The Kier molecular flexibility index (Phi) is 5.06. The summed E-state index contributed by atoms with van der Waals surface area (Å²) in [6.45, 7) is 8.60. The van der Waals surface area contributed by atoms with Crippen LogP contribution in [0.1, 0.15) is 38.3 Å². The minimum absolute atomic E-state index is 0.102. The van der Waals surface area contributed by atoms with Crippen LogP contribution in [0, 0.1) is 6.92 Å². The van der Waals surface area contributed by atoms with Crippen molar-refractivity contribution in [1.82, 2.24) is 10.2 Å². The van der Waals surface area contributed by atoms with Gasteiger partial charge in [-0.05, 0) is 38.3 Å². The third-order valence-corrected chi connectivity index (χ3v) is 4.10. The Balaban J connectivity index is 1.99. The van der Waals surface area contributed by atoms with Crippen LogP contribution in [0.5, 0.6) is 0 Å². The van der Waals surface area contributed by atoms with E-state index in [2.05, 4.69) is 17.6 Å². The van der Waals surface area contributed by atoms with Crippen LogP contribution in [0.2, 0.25) is 0 Å². The summed E-state index contributed by atoms with van der Waals surface area (Å²) in [5.74, 6) is 0.102. The highest BCUT2D eigenvalue weighted by Crippen LogP contribution is 2.21. The van der Waals surface area contributed by atoms with Crippen molar-refractivity contribution in [3.63, 3.8) is 0 Å². The molecule has 2 N–H and O–H groups in total. The zero-order valence-electron chi connectivity index (χ0n) is 13.8. The van der Waals surface area contributed by atoms with Crippen molar-refractivity contribution < 1.29 is 9.59 Å². The highest BCUT2D eigenvalue weighted by Gasteiger charge is 2.32. The molecule has 1 aliphatic rings. The summed E-state index contributed by atoms with van der Waals surface area (Å²) in [7, 11) is 0. The summed E-state index contributed by atoms with van der Waals surface area (Å²) in [4.78, 5) is 25.9. The highest BCUT2D eigenvalue weighted by atomic mass is 16.2. The van der Waals surface area contributed by atoms with Crippen LogP contribution in [0.4, 0.5) is 10.5 Å². The van der Waals surface area contributed by atoms with Crippen LogP contribution in [0.25, 0.3) is 0 Å². The zero-order chi connectivity index (χ0) is 16.3. The summed E-state index contributed by atoms with van der Waals surface area (Å²) in [5, 5.41) is 5.84. The Bertz CT molecular complexity index is 569. The van der Waals surface area contributed by atoms with Gasteiger partial charge in [-0.15, -0.1) is 0 Å². The summed E-state index contributed by atoms with van der Waals surface area (Å²) in [6, 6.07) is 5.80. The molecule has 1 unspecified atom stereocenters. The predicted octanol–water partition coefficient (Wildman–Crippen LogP) is 2.69. The lowest BCUT2D eigenvalue weighted by molar-refractivity contribution is -0.129. The van der Waals surface area contributed by atoms with Crippen molar-refractivity contribution in [2.24, 2.45) is 0 Å². The number of benzene rings is 1. The number of urea groups is 1. The number of rotatable bonds is 4. The van der Waals surface area contributed by atoms with Gasteiger partial charge in [-0.3, -0.25) is 4.79 Å². The van der Waals surface area contributed by atoms with Gasteiger partial charge in [-0.1, -0.05) is 25.1 Å². The van der Waals surface area contributed by atoms with Gasteiger partial charge in [0.15, 0.2) is 0 Å². The van der Waals surface area contributed by atoms with E-state index >= 15 is 0 Å². The molecule has 0 spiro atoms. The van der Waals surface area contributed by atoms with Gasteiger partial charge in [-0.25, -0.2) is 4.79 Å². The maximum Gasteiger partial charge on any atom is 0.319 e. The lowest BCUT2D eigenvalue weighted by Crippen LogP contribution is -2.41. The van der Waals surface area contributed by atoms with Crippen molar-refractivity contribution in [2.45, 2.75) is 52.6 Å². The van der Waals surface area contributed by atoms with Crippen molar-refractivity contribution in [1.29, 1.82) is 0 Å². The number of carbonyl (C=O) groups is 2. The van der Waals surface area contributed by atoms with Crippen molar-refractivity contribution >= 4 is 17.6 Å². The highest BCUT2D eigenvalue weighted by molar-refractivity contribution is 5.92. The zero-order valence-corrected chi connectivity index (χ0v) is 13.8. The van der Waals surface area contributed by atoms with Gasteiger partial charge in [0.25, 0.3) is 0 Å². The van der Waals surface area contributed by atoms with Crippen LogP contribution in [0.3, 0.4) is 0 Å². The molecule has 1 saturated heterocycles. The fraction of sp³-hybridized carbons (Fsp3) is 0.529. The van der Waals surface area contributed by atoms with Gasteiger partial charge in [0, 0.05) is 24.7 Å². The van der Waals surface area contributed by atoms with Crippen LogP contribution in [0.15, 0.2) is 18.2 Å². The van der Waals surface area contributed by atoms with E-state index in [4.69, 9.17) is 0 Å². The van der Waals surface area contributed by atoms with Gasteiger partial charge in [0.2, 0.25) is 5.91 Å². The van der Waals surface area contributed by atoms with Gasteiger partial charge >= 0.3 is 6.03 Å². The normalized spacial score (nSPS) is 18.0. The number of aryl methyl sites for hydroxylation is 2. The molecule has 0 saturated carbocycles. The Labute approximate surface area is 132 Å². The van der Waals surface area contributed by atoms with E-state index in [1.54, 1.807) is 4.90 Å². The van der Waals surface area contributed by atoms with Crippen LogP contribution < -0.4 is 10.6 Å². The molecule has 1 aromatic rings. The number of anilines is 1. The number of hydrogen-bond acceptors (Lipinski definition) is 2. The summed E-state index contributed by atoms with van der Waals surface area (Å²) >= 11 is 0. The molecule has 1 heterocycles. The molecule has 3 amide bonds. The minimum Gasteiger partial charge on any atom is -0.338 e. The molecular formula is C17H25N3O2. The fourth-order valence-electron chi connectivity index (χ4n) is 2.86. The average Bonchev–Trinajstić information content (AvgIpc) is 2.81. The molecule has 0 radical (unpaired) electrons. The van der Waals surface area contributed by atoms with Gasteiger partial charge < -0.3 is 15.5 Å². The molecule has 1 atom stereocenters. The first-order valence-corrected chi connectivity index (χ1v) is 7.87. The average molecular weight is 303 g/mol. The second-order valence-electron chi connectivity index (χ2n) is 6.10. The number of likely N-dealkylation sites (tertiary alicyclic amines) is 1. The van der Waals surface area contributed by atoms with E-state index in [0.717, 1.165) is 23.2 Å². The second-order valence-corrected chi connectivity index (χ2v) is 6.10. The van der Waals surface area contributed by atoms with Crippen molar-refractivity contribution in [2.75, 3.05) is 11.9 Å². The lowest BCUT2D eigenvalue weighted by atomic mass is 10.1. The molecule has 5 heteroatoms. The molecule has 2 rings (SSSR count). The lowest BCUT2D eigenvalue weighted by Gasteiger charge is -2.21. The first-order chi connectivity index (χ1) is 10.4. The summed E-state index contributed by atoms with van der Waals surface area (Å²) < 4.78 is 0. The van der Waals surface area contributed by atoms with E-state index in [1.807, 2.05) is 39.0 Å². The van der Waals surface area contributed by atoms with E-state index in [-0.39, 0.29) is 24.0 Å². The van der Waals surface area contributed by atoms with Crippen molar-refractivity contribution in [3.05, 3.63) is 29.3 Å². The van der Waals surface area contributed by atoms with Crippen LogP contribution >= 0.6 is 0 Å². The minimum atomic E-state index is -0.243. The molecule has 0 aliphatic carbocycles. The Morgan fingerprint density at radius 3 is 2.73 bits per heavy atom. The first-order valence-electron chi connectivity index (χ1n) is 7.87. The number of amides is 3. The molecule has 5 nitrogen and oxygen atoms in total. The molecule has 1 fully saturated rings. The van der Waals surface area contributed by atoms with Gasteiger partial charge in [0.1, 0.15) is 0 Å². The monoisotopic (exact) mass is 303 g/mol. The van der Waals surface area contributed by atoms with Gasteiger partial charge in [-0.2, -0.15) is 0 Å². The SMILES string of the molecule is CCc1cccc(C)c1NC(=O)NC1CC(=O)N(C(C)C)C1. The largest absolute Gasteiger partial charge is 0.338 e. The van der Waals surface area contributed by atoms with Crippen LogP contribution in [-0.4, -0.2) is 35.5 Å². The number of nitrogens with one attached hydrogen (secondary N) is 2. The molecule has 0 aromatic heterocycles. The maximum atomic E-state index is 12.2. The molecule has 22 heavy (non-hydrogen) atoms. The van der Waals surface area contributed by atoms with E-state index in [0.29, 0.717) is 13.0 Å². The van der Waals surface area contributed by atoms with E-state index in [1.165, 1.54) is 0 Å². The van der Waals surface area contributed by atoms with Gasteiger partial charge in [0.05, 0.1) is 6.04 Å². The summed E-state index contributed by atoms with van der Waals surface area (Å²) in [6.07, 6.45) is 1.24. The first kappa shape index (κ1) is 16.3. The maximum absolute atomic E-state index is 12.2. The second kappa shape index (κ2) is 6.81. The van der Waals surface area contributed by atoms with E-state index in [9.17, 15) is 9.59 Å². The quantitative estimate of drug-likeness (QED) is 0.898. The van der Waals surface area contributed by atoms with Crippen LogP contribution in [-0.2, 0) is 11.2 Å². The molecular weight excluding hydrogens is 278 g/mol. The fourth-order valence-corrected chi connectivity index (χ4v) is 2.86. The predicted molar refractivity (Wildman–Crippen MR) is 88.0 cm³/mol. The Morgan fingerprint density at radius 1 is 1.41 bits per heavy atom. The van der Waals surface area contributed by atoms with E-state index < -0.39 is 0 Å². The molecule has 1 aliphatic heterocycles. The van der Waals surface area contributed by atoms with Crippen molar-refractivity contribution in [3.8, 4) is 0 Å². The smallest absolute Gasteiger partial charge is 0.319 e. The molecule has 1 aromatic carbocycles. The topological polar surface area (TPSA) is 61.4 Å². The Morgan fingerprint density at radius 2 is 2.14 bits per heavy atom. The third kappa shape index (κ3) is 3.59. The number of carbonyl (C=O) groups excluding carboxylic acids is 2. The molecule has 0 bridgehead atoms. The Hall–Kier alpha value is -2.04. The molecule has 120 valence electrons. The number of para-hydroxylation sites is 1. The third-order valence-electron chi connectivity index (χ3n) is 4.10. The number of nitrogens with zero attached hydrogens (tertiary/aromatic N) is 1. The standard InChI is InChI=1S/C17H25N3O2/c1-5-13-8-6-7-12(4)16(13)19-17(22)18-14-9-15(21)20(10-14)11(2)3/h6-8,11,14H,5,9-10H2,1-4H3,(H2,18,19,22).